The fraction of sp³-hybridized carbons (Fsp3) is 0.318. The highest BCUT2D eigenvalue weighted by atomic mass is 16.1. The molecule has 0 unspecified atom stereocenters. The van der Waals surface area contributed by atoms with Crippen LogP contribution in [0.15, 0.2) is 60.7 Å². The van der Waals surface area contributed by atoms with E-state index in [1.807, 2.05) is 18.2 Å². The number of nitrogens with one attached hydrogen (secondary N) is 1. The summed E-state index contributed by atoms with van der Waals surface area (Å²) in [6, 6.07) is 18.6. The van der Waals surface area contributed by atoms with Gasteiger partial charge in [-0.2, -0.15) is 0 Å². The summed E-state index contributed by atoms with van der Waals surface area (Å²) < 4.78 is 0. The molecule has 3 rings (SSSR count). The summed E-state index contributed by atoms with van der Waals surface area (Å²) in [6.45, 7) is 7.89. The highest BCUT2D eigenvalue weighted by Gasteiger charge is 2.15. The SMILES string of the molecule is CC(=O)Nc1ccc(CN2CCN(C/C=C/c3ccccc3)CC2)cc1. The maximum Gasteiger partial charge on any atom is 0.221 e. The number of carbonyl (C=O) groups is 1. The molecule has 0 aliphatic carbocycles. The van der Waals surface area contributed by atoms with Crippen molar-refractivity contribution in [3.8, 4) is 0 Å². The molecule has 0 saturated carbocycles. The highest BCUT2D eigenvalue weighted by Crippen LogP contribution is 2.13. The van der Waals surface area contributed by atoms with Gasteiger partial charge >= 0.3 is 0 Å². The van der Waals surface area contributed by atoms with Gasteiger partial charge in [0.25, 0.3) is 0 Å². The second-order valence-electron chi connectivity index (χ2n) is 6.77. The molecule has 1 fully saturated rings. The molecule has 1 aliphatic rings. The number of piperazine rings is 1. The molecule has 1 saturated heterocycles. The molecule has 0 spiro atoms. The third kappa shape index (κ3) is 5.83. The fourth-order valence-corrected chi connectivity index (χ4v) is 3.19. The van der Waals surface area contributed by atoms with Crippen LogP contribution in [0.3, 0.4) is 0 Å². The van der Waals surface area contributed by atoms with Gasteiger partial charge in [-0.15, -0.1) is 0 Å². The molecule has 0 aromatic heterocycles. The molecule has 0 radical (unpaired) electrons. The molecular weight excluding hydrogens is 322 g/mol. The van der Waals surface area contributed by atoms with Crippen molar-refractivity contribution in [2.45, 2.75) is 13.5 Å². The molecular formula is C22H27N3O. The number of amides is 1. The fourth-order valence-electron chi connectivity index (χ4n) is 3.19. The number of benzene rings is 2. The van der Waals surface area contributed by atoms with Crippen molar-refractivity contribution >= 4 is 17.7 Å². The average molecular weight is 349 g/mol. The molecule has 2 aromatic carbocycles. The van der Waals surface area contributed by atoms with E-state index in [0.717, 1.165) is 45.0 Å². The van der Waals surface area contributed by atoms with Crippen molar-refractivity contribution in [2.75, 3.05) is 38.0 Å². The van der Waals surface area contributed by atoms with E-state index >= 15 is 0 Å². The summed E-state index contributed by atoms with van der Waals surface area (Å²) in [6.07, 6.45) is 4.45. The lowest BCUT2D eigenvalue weighted by atomic mass is 10.1. The van der Waals surface area contributed by atoms with Crippen LogP contribution >= 0.6 is 0 Å². The Kier molecular flexibility index (Phi) is 6.58. The molecule has 136 valence electrons. The van der Waals surface area contributed by atoms with Gasteiger partial charge in [-0.1, -0.05) is 54.6 Å². The van der Waals surface area contributed by atoms with Crippen molar-refractivity contribution in [3.63, 3.8) is 0 Å². The van der Waals surface area contributed by atoms with E-state index in [9.17, 15) is 4.79 Å². The standard InChI is InChI=1S/C22H27N3O/c1-19(26)23-22-11-9-21(10-12-22)18-25-16-14-24(15-17-25)13-5-8-20-6-3-2-4-7-20/h2-12H,13-18H2,1H3,(H,23,26)/b8-5+. The molecule has 1 N–H and O–H groups in total. The number of hydrogen-bond donors (Lipinski definition) is 1. The molecule has 1 aliphatic heterocycles. The van der Waals surface area contributed by atoms with E-state index in [1.54, 1.807) is 0 Å². The lowest BCUT2D eigenvalue weighted by molar-refractivity contribution is -0.114. The van der Waals surface area contributed by atoms with Crippen molar-refractivity contribution < 1.29 is 4.79 Å². The van der Waals surface area contributed by atoms with Crippen LogP contribution in [0.2, 0.25) is 0 Å². The van der Waals surface area contributed by atoms with E-state index < -0.39 is 0 Å². The predicted octanol–water partition coefficient (Wildman–Crippen LogP) is 3.48. The van der Waals surface area contributed by atoms with E-state index in [4.69, 9.17) is 0 Å². The zero-order valence-corrected chi connectivity index (χ0v) is 15.4. The van der Waals surface area contributed by atoms with Gasteiger partial charge in [0.15, 0.2) is 0 Å². The largest absolute Gasteiger partial charge is 0.326 e. The minimum atomic E-state index is -0.0322. The second kappa shape index (κ2) is 9.32. The number of anilines is 1. The van der Waals surface area contributed by atoms with Crippen molar-refractivity contribution in [1.29, 1.82) is 0 Å². The predicted molar refractivity (Wildman–Crippen MR) is 108 cm³/mol. The van der Waals surface area contributed by atoms with Crippen molar-refractivity contribution in [3.05, 3.63) is 71.8 Å². The van der Waals surface area contributed by atoms with Gasteiger partial charge in [-0.3, -0.25) is 14.6 Å². The summed E-state index contributed by atoms with van der Waals surface area (Å²) in [5.74, 6) is -0.0322. The van der Waals surface area contributed by atoms with Gasteiger partial charge in [-0.25, -0.2) is 0 Å². The van der Waals surface area contributed by atoms with E-state index in [-0.39, 0.29) is 5.91 Å². The van der Waals surface area contributed by atoms with Crippen LogP contribution in [-0.4, -0.2) is 48.4 Å². The van der Waals surface area contributed by atoms with E-state index in [1.165, 1.54) is 18.1 Å². The normalized spacial score (nSPS) is 16.0. The van der Waals surface area contributed by atoms with Crippen molar-refractivity contribution in [2.24, 2.45) is 0 Å². The van der Waals surface area contributed by atoms with Crippen LogP contribution in [0.1, 0.15) is 18.1 Å². The van der Waals surface area contributed by atoms with Crippen LogP contribution in [0, 0.1) is 0 Å². The average Bonchev–Trinajstić information content (AvgIpc) is 2.65. The Hall–Kier alpha value is -2.43. The maximum atomic E-state index is 11.1. The van der Waals surface area contributed by atoms with Gasteiger partial charge < -0.3 is 5.32 Å². The maximum absolute atomic E-state index is 11.1. The third-order valence-corrected chi connectivity index (χ3v) is 4.62. The Morgan fingerprint density at radius 2 is 1.62 bits per heavy atom. The van der Waals surface area contributed by atoms with Gasteiger partial charge in [0.2, 0.25) is 5.91 Å². The Morgan fingerprint density at radius 3 is 2.27 bits per heavy atom. The van der Waals surface area contributed by atoms with Crippen LogP contribution in [0.5, 0.6) is 0 Å². The quantitative estimate of drug-likeness (QED) is 0.867. The number of hydrogen-bond acceptors (Lipinski definition) is 3. The molecule has 2 aromatic rings. The third-order valence-electron chi connectivity index (χ3n) is 4.62. The number of nitrogens with zero attached hydrogens (tertiary/aromatic N) is 2. The first-order chi connectivity index (χ1) is 12.7. The lowest BCUT2D eigenvalue weighted by Crippen LogP contribution is -2.45. The zero-order chi connectivity index (χ0) is 18.2. The van der Waals surface area contributed by atoms with E-state index in [2.05, 4.69) is 63.7 Å². The summed E-state index contributed by atoms with van der Waals surface area (Å²) in [5.41, 5.74) is 3.40. The topological polar surface area (TPSA) is 35.6 Å². The molecule has 1 amide bonds. The second-order valence-corrected chi connectivity index (χ2v) is 6.77. The minimum Gasteiger partial charge on any atom is -0.326 e. The Balaban J connectivity index is 1.41. The number of carbonyl (C=O) groups excluding carboxylic acids is 1. The van der Waals surface area contributed by atoms with Gasteiger partial charge in [0, 0.05) is 51.9 Å². The smallest absolute Gasteiger partial charge is 0.221 e. The lowest BCUT2D eigenvalue weighted by Gasteiger charge is -2.34. The van der Waals surface area contributed by atoms with Gasteiger partial charge in [0.1, 0.15) is 0 Å². The van der Waals surface area contributed by atoms with E-state index in [0.29, 0.717) is 0 Å². The summed E-state index contributed by atoms with van der Waals surface area (Å²) in [4.78, 5) is 16.1. The summed E-state index contributed by atoms with van der Waals surface area (Å²) in [5, 5.41) is 2.81. The Bertz CT molecular complexity index is 717. The molecule has 0 atom stereocenters. The zero-order valence-electron chi connectivity index (χ0n) is 15.4. The molecule has 4 nitrogen and oxygen atoms in total. The van der Waals surface area contributed by atoms with Crippen LogP contribution in [0.25, 0.3) is 6.08 Å². The van der Waals surface area contributed by atoms with Gasteiger partial charge in [-0.05, 0) is 23.3 Å². The van der Waals surface area contributed by atoms with Crippen LogP contribution < -0.4 is 5.32 Å². The first kappa shape index (κ1) is 18.4. The monoisotopic (exact) mass is 349 g/mol. The summed E-state index contributed by atoms with van der Waals surface area (Å²) >= 11 is 0. The van der Waals surface area contributed by atoms with Crippen LogP contribution in [-0.2, 0) is 11.3 Å². The molecule has 4 heteroatoms. The van der Waals surface area contributed by atoms with Crippen molar-refractivity contribution in [1.82, 2.24) is 9.80 Å². The molecule has 1 heterocycles. The van der Waals surface area contributed by atoms with Gasteiger partial charge in [0.05, 0.1) is 0 Å². The van der Waals surface area contributed by atoms with Crippen LogP contribution in [0.4, 0.5) is 5.69 Å². The molecule has 26 heavy (non-hydrogen) atoms. The molecule has 0 bridgehead atoms. The Labute approximate surface area is 156 Å². The number of rotatable bonds is 6. The first-order valence-electron chi connectivity index (χ1n) is 9.22. The first-order valence-corrected chi connectivity index (χ1v) is 9.22. The summed E-state index contributed by atoms with van der Waals surface area (Å²) in [7, 11) is 0. The highest BCUT2D eigenvalue weighted by molar-refractivity contribution is 5.88. The Morgan fingerprint density at radius 1 is 0.962 bits per heavy atom. The minimum absolute atomic E-state index is 0.0322.